The third-order valence-corrected chi connectivity index (χ3v) is 8.81. The maximum atomic E-state index is 15.2. The second-order valence-corrected chi connectivity index (χ2v) is 12.7. The zero-order valence-corrected chi connectivity index (χ0v) is 26.4. The summed E-state index contributed by atoms with van der Waals surface area (Å²) in [6.45, 7) is 5.19. The van der Waals surface area contributed by atoms with Crippen LogP contribution in [-0.4, -0.2) is 37.1 Å². The summed E-state index contributed by atoms with van der Waals surface area (Å²) in [5.41, 5.74) is 3.83. The highest BCUT2D eigenvalue weighted by Gasteiger charge is 2.22. The SMILES string of the molecule is CC(C)CCCc1cc(Cl)c(F)c(-c2cc3cn(-c4ccc([C@@H]5CCC[C@@H](CCNc6ncccn6)N5)cc4)c(=O)nc3[nH]2)c1. The van der Waals surface area contributed by atoms with Crippen molar-refractivity contribution in [3.63, 3.8) is 0 Å². The predicted molar refractivity (Wildman–Crippen MR) is 179 cm³/mol. The number of fused-ring (bicyclic) bond motifs is 1. The monoisotopic (exact) mass is 627 g/mol. The van der Waals surface area contributed by atoms with Gasteiger partial charge in [-0.1, -0.05) is 50.4 Å². The Kier molecular flexibility index (Phi) is 9.56. The third-order valence-electron chi connectivity index (χ3n) is 8.53. The van der Waals surface area contributed by atoms with E-state index in [0.29, 0.717) is 40.2 Å². The van der Waals surface area contributed by atoms with E-state index in [2.05, 4.69) is 56.5 Å². The van der Waals surface area contributed by atoms with Gasteiger partial charge in [-0.2, -0.15) is 4.98 Å². The summed E-state index contributed by atoms with van der Waals surface area (Å²) in [5.74, 6) is 0.772. The fourth-order valence-corrected chi connectivity index (χ4v) is 6.39. The number of anilines is 1. The molecule has 2 aromatic carbocycles. The van der Waals surface area contributed by atoms with Crippen molar-refractivity contribution in [1.82, 2.24) is 29.8 Å². The lowest BCUT2D eigenvalue weighted by Crippen LogP contribution is -2.38. The van der Waals surface area contributed by atoms with Crippen LogP contribution in [0, 0.1) is 11.7 Å². The van der Waals surface area contributed by atoms with Crippen molar-refractivity contribution in [2.24, 2.45) is 5.92 Å². The van der Waals surface area contributed by atoms with Gasteiger partial charge in [-0.3, -0.25) is 4.57 Å². The average Bonchev–Trinajstić information content (AvgIpc) is 3.45. The molecule has 6 rings (SSSR count). The van der Waals surface area contributed by atoms with Crippen molar-refractivity contribution in [2.75, 3.05) is 11.9 Å². The van der Waals surface area contributed by atoms with Crippen LogP contribution in [-0.2, 0) is 6.42 Å². The van der Waals surface area contributed by atoms with E-state index in [1.807, 2.05) is 24.3 Å². The number of benzene rings is 2. The minimum Gasteiger partial charge on any atom is -0.354 e. The topological polar surface area (TPSA) is 101 Å². The number of hydrogen-bond acceptors (Lipinski definition) is 6. The van der Waals surface area contributed by atoms with Crippen LogP contribution in [0.3, 0.4) is 0 Å². The first kappa shape index (κ1) is 30.9. The first-order valence-electron chi connectivity index (χ1n) is 15.8. The number of hydrogen-bond donors (Lipinski definition) is 3. The van der Waals surface area contributed by atoms with E-state index in [1.165, 1.54) is 10.1 Å². The Morgan fingerprint density at radius 3 is 2.69 bits per heavy atom. The molecule has 4 heterocycles. The lowest BCUT2D eigenvalue weighted by Gasteiger charge is -2.31. The molecule has 8 nitrogen and oxygen atoms in total. The van der Waals surface area contributed by atoms with Gasteiger partial charge >= 0.3 is 5.69 Å². The molecule has 1 aliphatic heterocycles. The zero-order valence-electron chi connectivity index (χ0n) is 25.7. The van der Waals surface area contributed by atoms with Crippen LogP contribution >= 0.6 is 11.6 Å². The van der Waals surface area contributed by atoms with Gasteiger partial charge in [0.15, 0.2) is 5.82 Å². The lowest BCUT2D eigenvalue weighted by atomic mass is 9.92. The summed E-state index contributed by atoms with van der Waals surface area (Å²) in [5, 5.41) is 7.89. The highest BCUT2D eigenvalue weighted by Crippen LogP contribution is 2.32. The second kappa shape index (κ2) is 13.9. The minimum absolute atomic E-state index is 0.0931. The second-order valence-electron chi connectivity index (χ2n) is 12.3. The van der Waals surface area contributed by atoms with Crippen LogP contribution in [0.2, 0.25) is 5.02 Å². The molecule has 0 unspecified atom stereocenters. The van der Waals surface area contributed by atoms with Crippen molar-refractivity contribution in [1.29, 1.82) is 0 Å². The quantitative estimate of drug-likeness (QED) is 0.139. The molecule has 0 spiro atoms. The third kappa shape index (κ3) is 7.43. The van der Waals surface area contributed by atoms with E-state index < -0.39 is 11.5 Å². The van der Waals surface area contributed by atoms with Gasteiger partial charge in [-0.25, -0.2) is 19.2 Å². The Morgan fingerprint density at radius 2 is 1.91 bits per heavy atom. The Bertz CT molecular complexity index is 1800. The normalized spacial score (nSPS) is 16.8. The van der Waals surface area contributed by atoms with E-state index in [0.717, 1.165) is 62.7 Å². The van der Waals surface area contributed by atoms with Gasteiger partial charge in [0.05, 0.1) is 16.4 Å². The standard InChI is InChI=1S/C35H39ClFN7O/c1-22(2)6-3-7-23-18-28(32(37)29(36)19-23)31-20-25-21-44(35(45)43-33(25)42-31)27-12-10-24(11-13-27)30-9-4-8-26(41-30)14-17-40-34-38-15-5-16-39-34/h5,10-13,15-16,18-22,26,30,41H,3-4,6-9,14,17H2,1-2H3,(H,38,39,40)(H,42,43,45)/t26-,30-/m0/s1. The van der Waals surface area contributed by atoms with Crippen LogP contribution in [0.15, 0.2) is 71.9 Å². The van der Waals surface area contributed by atoms with Gasteiger partial charge in [-0.15, -0.1) is 0 Å². The number of aryl methyl sites for hydroxylation is 1. The molecule has 3 aromatic heterocycles. The first-order valence-corrected chi connectivity index (χ1v) is 16.2. The highest BCUT2D eigenvalue weighted by atomic mass is 35.5. The van der Waals surface area contributed by atoms with E-state index in [9.17, 15) is 4.79 Å². The predicted octanol–water partition coefficient (Wildman–Crippen LogP) is 7.63. The smallest absolute Gasteiger partial charge is 0.354 e. The molecule has 0 saturated carbocycles. The molecule has 0 aliphatic carbocycles. The summed E-state index contributed by atoms with van der Waals surface area (Å²) in [7, 11) is 0. The number of rotatable bonds is 11. The number of nitrogens with zero attached hydrogens (tertiary/aromatic N) is 4. The maximum Gasteiger partial charge on any atom is 0.354 e. The molecule has 2 atom stereocenters. The number of aromatic amines is 1. The van der Waals surface area contributed by atoms with Crippen LogP contribution in [0.25, 0.3) is 28.0 Å². The van der Waals surface area contributed by atoms with E-state index in [4.69, 9.17) is 11.6 Å². The van der Waals surface area contributed by atoms with Gasteiger partial charge in [0.25, 0.3) is 0 Å². The van der Waals surface area contributed by atoms with Crippen molar-refractivity contribution in [3.05, 3.63) is 99.6 Å². The van der Waals surface area contributed by atoms with E-state index in [-0.39, 0.29) is 11.1 Å². The van der Waals surface area contributed by atoms with Crippen LogP contribution in [0.4, 0.5) is 10.3 Å². The summed E-state index contributed by atoms with van der Waals surface area (Å²) in [6, 6.07) is 15.9. The average molecular weight is 628 g/mol. The van der Waals surface area contributed by atoms with Crippen molar-refractivity contribution < 1.29 is 4.39 Å². The number of piperidine rings is 1. The van der Waals surface area contributed by atoms with Crippen molar-refractivity contribution in [3.8, 4) is 16.9 Å². The molecule has 0 radical (unpaired) electrons. The summed E-state index contributed by atoms with van der Waals surface area (Å²) < 4.78 is 16.7. The molecule has 1 aliphatic rings. The van der Waals surface area contributed by atoms with Gasteiger partial charge in [-0.05, 0) is 85.5 Å². The van der Waals surface area contributed by atoms with Crippen LogP contribution in [0.1, 0.15) is 69.5 Å². The number of halogens is 2. The van der Waals surface area contributed by atoms with Crippen molar-refractivity contribution in [2.45, 2.75) is 70.9 Å². The van der Waals surface area contributed by atoms with Crippen molar-refractivity contribution >= 4 is 28.6 Å². The Morgan fingerprint density at radius 1 is 1.11 bits per heavy atom. The Labute approximate surface area is 267 Å². The summed E-state index contributed by atoms with van der Waals surface area (Å²) in [4.78, 5) is 28.9. The summed E-state index contributed by atoms with van der Waals surface area (Å²) in [6.07, 6.45) is 12.5. The maximum absolute atomic E-state index is 15.2. The van der Waals surface area contributed by atoms with Crippen LogP contribution in [0.5, 0.6) is 0 Å². The van der Waals surface area contributed by atoms with Gasteiger partial charge in [0, 0.05) is 48.2 Å². The Balaban J connectivity index is 1.16. The molecule has 234 valence electrons. The molecule has 0 bridgehead atoms. The molecule has 3 N–H and O–H groups in total. The molecule has 45 heavy (non-hydrogen) atoms. The van der Waals surface area contributed by atoms with Crippen LogP contribution < -0.4 is 16.3 Å². The number of H-pyrrole nitrogens is 1. The zero-order chi connectivity index (χ0) is 31.3. The first-order chi connectivity index (χ1) is 21.8. The highest BCUT2D eigenvalue weighted by molar-refractivity contribution is 6.31. The van der Waals surface area contributed by atoms with Gasteiger partial charge < -0.3 is 15.6 Å². The molecule has 1 saturated heterocycles. The largest absolute Gasteiger partial charge is 0.354 e. The molecule has 10 heteroatoms. The van der Waals surface area contributed by atoms with Gasteiger partial charge in [0.2, 0.25) is 5.95 Å². The molecular weight excluding hydrogens is 589 g/mol. The molecular formula is C35H39ClFN7O. The van der Waals surface area contributed by atoms with E-state index in [1.54, 1.807) is 30.7 Å². The fourth-order valence-electron chi connectivity index (χ4n) is 6.15. The molecule has 5 aromatic rings. The molecule has 1 fully saturated rings. The Hall–Kier alpha value is -4.08. The fraction of sp³-hybridized carbons (Fsp3) is 0.371. The minimum atomic E-state index is -0.485. The van der Waals surface area contributed by atoms with E-state index >= 15 is 4.39 Å². The molecule has 0 amide bonds. The lowest BCUT2D eigenvalue weighted by molar-refractivity contribution is 0.316. The number of nitrogens with one attached hydrogen (secondary N) is 3. The summed E-state index contributed by atoms with van der Waals surface area (Å²) >= 11 is 6.29. The van der Waals surface area contributed by atoms with Gasteiger partial charge in [0.1, 0.15) is 5.65 Å². The number of aromatic nitrogens is 5.